The number of carbonyl (C=O) groups excluding carboxylic acids is 2. The molecule has 7 nitrogen and oxygen atoms in total. The third-order valence-electron chi connectivity index (χ3n) is 6.07. The second kappa shape index (κ2) is 8.73. The van der Waals surface area contributed by atoms with E-state index >= 15 is 0 Å². The van der Waals surface area contributed by atoms with E-state index in [1.165, 1.54) is 6.39 Å². The topological polar surface area (TPSA) is 84.7 Å². The molecule has 1 spiro atoms. The summed E-state index contributed by atoms with van der Waals surface area (Å²) in [6, 6.07) is 7.34. The molecular weight excluding hydrogens is 382 g/mol. The van der Waals surface area contributed by atoms with Crippen molar-refractivity contribution in [3.63, 3.8) is 0 Å². The first-order chi connectivity index (χ1) is 14.6. The average Bonchev–Trinajstić information content (AvgIpc) is 3.20. The zero-order valence-electron chi connectivity index (χ0n) is 17.2. The predicted molar refractivity (Wildman–Crippen MR) is 111 cm³/mol. The summed E-state index contributed by atoms with van der Waals surface area (Å²) in [5.74, 6) is 0.949. The Morgan fingerprint density at radius 2 is 2.00 bits per heavy atom. The van der Waals surface area contributed by atoms with Crippen molar-refractivity contribution in [2.24, 2.45) is 5.41 Å². The van der Waals surface area contributed by atoms with Gasteiger partial charge < -0.3 is 19.4 Å². The number of amides is 2. The SMILES string of the molecule is Cc1ocnc1C(=O)N1CCC2(C/C=C/CCOc3ccccc3C(=O)NC2)CC1. The smallest absolute Gasteiger partial charge is 0.276 e. The van der Waals surface area contributed by atoms with Gasteiger partial charge in [-0.1, -0.05) is 24.3 Å². The van der Waals surface area contributed by atoms with Gasteiger partial charge in [-0.3, -0.25) is 9.59 Å². The van der Waals surface area contributed by atoms with Crippen LogP contribution in [0.15, 0.2) is 47.2 Å². The van der Waals surface area contributed by atoms with Crippen molar-refractivity contribution in [3.05, 3.63) is 59.8 Å². The normalized spacial score (nSPS) is 20.3. The summed E-state index contributed by atoms with van der Waals surface area (Å²) in [7, 11) is 0. The number of carbonyl (C=O) groups is 2. The van der Waals surface area contributed by atoms with Crippen LogP contribution in [-0.2, 0) is 0 Å². The standard InChI is InChI=1S/C23H27N3O4/c1-17-20(25-16-30-17)22(28)26-12-10-23(11-13-26)9-5-2-6-14-29-19-8-4-3-7-18(19)21(27)24-15-23/h2-5,7-8,16H,6,9-15H2,1H3,(H,24,27)/b5-2+. The van der Waals surface area contributed by atoms with Gasteiger partial charge in [-0.15, -0.1) is 0 Å². The molecule has 1 aromatic carbocycles. The van der Waals surface area contributed by atoms with Crippen LogP contribution in [0.5, 0.6) is 5.75 Å². The number of ether oxygens (including phenoxy) is 1. The number of benzene rings is 1. The van der Waals surface area contributed by atoms with Crippen LogP contribution < -0.4 is 10.1 Å². The first-order valence-electron chi connectivity index (χ1n) is 10.4. The summed E-state index contributed by atoms with van der Waals surface area (Å²) in [4.78, 5) is 31.5. The maximum Gasteiger partial charge on any atom is 0.276 e. The summed E-state index contributed by atoms with van der Waals surface area (Å²) in [6.07, 6.45) is 8.92. The van der Waals surface area contributed by atoms with Gasteiger partial charge in [0.1, 0.15) is 11.5 Å². The fraction of sp³-hybridized carbons (Fsp3) is 0.435. The molecule has 7 heteroatoms. The molecule has 0 atom stereocenters. The summed E-state index contributed by atoms with van der Waals surface area (Å²) in [5, 5.41) is 3.11. The minimum Gasteiger partial charge on any atom is -0.492 e. The molecule has 4 rings (SSSR count). The number of fused-ring (bicyclic) bond motifs is 1. The van der Waals surface area contributed by atoms with E-state index in [4.69, 9.17) is 9.15 Å². The van der Waals surface area contributed by atoms with Crippen molar-refractivity contribution in [2.45, 2.75) is 32.6 Å². The van der Waals surface area contributed by atoms with Crippen molar-refractivity contribution in [1.82, 2.24) is 15.2 Å². The molecule has 0 aliphatic carbocycles. The Morgan fingerprint density at radius 1 is 1.20 bits per heavy atom. The minimum absolute atomic E-state index is 0.0726. The lowest BCUT2D eigenvalue weighted by Crippen LogP contribution is -2.48. The Kier molecular flexibility index (Phi) is 5.88. The quantitative estimate of drug-likeness (QED) is 0.730. The highest BCUT2D eigenvalue weighted by atomic mass is 16.5. The molecule has 30 heavy (non-hydrogen) atoms. The molecule has 3 heterocycles. The van der Waals surface area contributed by atoms with Crippen molar-refractivity contribution >= 4 is 11.8 Å². The van der Waals surface area contributed by atoms with Crippen LogP contribution in [-0.4, -0.2) is 47.9 Å². The fourth-order valence-electron chi connectivity index (χ4n) is 4.13. The lowest BCUT2D eigenvalue weighted by molar-refractivity contribution is 0.0560. The summed E-state index contributed by atoms with van der Waals surface area (Å²) in [5.41, 5.74) is 0.873. The Labute approximate surface area is 176 Å². The Balaban J connectivity index is 1.47. The van der Waals surface area contributed by atoms with Crippen LogP contribution in [0.4, 0.5) is 0 Å². The maximum atomic E-state index is 12.8. The third-order valence-corrected chi connectivity index (χ3v) is 6.07. The van der Waals surface area contributed by atoms with Gasteiger partial charge in [-0.2, -0.15) is 0 Å². The van der Waals surface area contributed by atoms with Gasteiger partial charge in [0.15, 0.2) is 12.1 Å². The molecule has 0 bridgehead atoms. The molecule has 1 N–H and O–H groups in total. The number of para-hydroxylation sites is 1. The van der Waals surface area contributed by atoms with E-state index in [9.17, 15) is 9.59 Å². The highest BCUT2D eigenvalue weighted by molar-refractivity contribution is 5.97. The zero-order valence-corrected chi connectivity index (χ0v) is 17.2. The number of allylic oxidation sites excluding steroid dienone is 1. The minimum atomic E-state index is -0.119. The van der Waals surface area contributed by atoms with E-state index < -0.39 is 0 Å². The molecule has 158 valence electrons. The van der Waals surface area contributed by atoms with Crippen molar-refractivity contribution < 1.29 is 18.7 Å². The molecule has 2 aliphatic heterocycles. The number of piperidine rings is 1. The van der Waals surface area contributed by atoms with E-state index in [2.05, 4.69) is 22.5 Å². The number of rotatable bonds is 1. The Bertz CT molecular complexity index is 941. The highest BCUT2D eigenvalue weighted by Crippen LogP contribution is 2.36. The Hall–Kier alpha value is -3.09. The maximum absolute atomic E-state index is 12.8. The van der Waals surface area contributed by atoms with E-state index in [0.717, 1.165) is 25.7 Å². The van der Waals surface area contributed by atoms with E-state index in [-0.39, 0.29) is 17.2 Å². The van der Waals surface area contributed by atoms with E-state index in [0.29, 0.717) is 49.0 Å². The monoisotopic (exact) mass is 409 g/mol. The van der Waals surface area contributed by atoms with Crippen LogP contribution >= 0.6 is 0 Å². The van der Waals surface area contributed by atoms with Gasteiger partial charge in [0.05, 0.1) is 12.2 Å². The van der Waals surface area contributed by atoms with Crippen LogP contribution in [0.25, 0.3) is 0 Å². The number of aromatic nitrogens is 1. The predicted octanol–water partition coefficient (Wildman–Crippen LogP) is 3.36. The molecular formula is C23H27N3O4. The van der Waals surface area contributed by atoms with Gasteiger partial charge in [0.25, 0.3) is 11.8 Å². The first-order valence-corrected chi connectivity index (χ1v) is 10.4. The van der Waals surface area contributed by atoms with Gasteiger partial charge in [-0.05, 0) is 50.2 Å². The second-order valence-corrected chi connectivity index (χ2v) is 8.04. The van der Waals surface area contributed by atoms with Gasteiger partial charge >= 0.3 is 0 Å². The number of likely N-dealkylation sites (tertiary alicyclic amines) is 1. The molecule has 1 fully saturated rings. The van der Waals surface area contributed by atoms with Crippen molar-refractivity contribution in [2.75, 3.05) is 26.2 Å². The molecule has 1 aromatic heterocycles. The lowest BCUT2D eigenvalue weighted by Gasteiger charge is -2.41. The molecule has 1 saturated heterocycles. The Morgan fingerprint density at radius 3 is 2.77 bits per heavy atom. The molecule has 2 aromatic rings. The zero-order chi connectivity index (χ0) is 21.0. The van der Waals surface area contributed by atoms with Crippen LogP contribution in [0, 0.1) is 12.3 Å². The fourth-order valence-corrected chi connectivity index (χ4v) is 4.13. The summed E-state index contributed by atoms with van der Waals surface area (Å²) in [6.45, 7) is 4.12. The van der Waals surface area contributed by atoms with Gasteiger partial charge in [-0.25, -0.2) is 4.98 Å². The summed E-state index contributed by atoms with van der Waals surface area (Å²) < 4.78 is 11.0. The second-order valence-electron chi connectivity index (χ2n) is 8.04. The lowest BCUT2D eigenvalue weighted by atomic mass is 9.75. The summed E-state index contributed by atoms with van der Waals surface area (Å²) >= 11 is 0. The number of oxazole rings is 1. The first kappa shape index (κ1) is 20.2. The number of aryl methyl sites for hydroxylation is 1. The number of nitrogens with one attached hydrogen (secondary N) is 1. The number of nitrogens with zero attached hydrogens (tertiary/aromatic N) is 2. The highest BCUT2D eigenvalue weighted by Gasteiger charge is 2.36. The molecule has 0 unspecified atom stereocenters. The van der Waals surface area contributed by atoms with E-state index in [1.54, 1.807) is 13.0 Å². The number of hydrogen-bond acceptors (Lipinski definition) is 5. The molecule has 0 saturated carbocycles. The van der Waals surface area contributed by atoms with Crippen LogP contribution in [0.1, 0.15) is 52.3 Å². The molecule has 2 aliphatic rings. The van der Waals surface area contributed by atoms with Crippen molar-refractivity contribution in [3.8, 4) is 5.75 Å². The largest absolute Gasteiger partial charge is 0.492 e. The van der Waals surface area contributed by atoms with Crippen molar-refractivity contribution in [1.29, 1.82) is 0 Å². The molecule has 2 amide bonds. The third kappa shape index (κ3) is 4.25. The van der Waals surface area contributed by atoms with Crippen LogP contribution in [0.3, 0.4) is 0 Å². The number of hydrogen-bond donors (Lipinski definition) is 1. The van der Waals surface area contributed by atoms with Crippen LogP contribution in [0.2, 0.25) is 0 Å². The van der Waals surface area contributed by atoms with E-state index in [1.807, 2.05) is 23.1 Å². The van der Waals surface area contributed by atoms with Gasteiger partial charge in [0, 0.05) is 19.6 Å². The van der Waals surface area contributed by atoms with Gasteiger partial charge in [0.2, 0.25) is 0 Å². The molecule has 0 radical (unpaired) electrons. The average molecular weight is 409 g/mol.